The number of hydrogen-bond donors (Lipinski definition) is 1. The number of aromatic nitrogens is 1. The fraction of sp³-hybridized carbons (Fsp3) is 0.0526. The van der Waals surface area contributed by atoms with Gasteiger partial charge in [0.2, 0.25) is 5.91 Å². The molecule has 24 heavy (non-hydrogen) atoms. The maximum absolute atomic E-state index is 12.1. The second-order valence-electron chi connectivity index (χ2n) is 5.46. The van der Waals surface area contributed by atoms with Crippen LogP contribution < -0.4 is 5.32 Å². The van der Waals surface area contributed by atoms with E-state index >= 15 is 0 Å². The summed E-state index contributed by atoms with van der Waals surface area (Å²) in [5.74, 6) is -0.0344. The summed E-state index contributed by atoms with van der Waals surface area (Å²) in [7, 11) is 0. The molecule has 0 radical (unpaired) electrons. The monoisotopic (exact) mass is 350 g/mol. The van der Waals surface area contributed by atoms with E-state index in [1.54, 1.807) is 11.3 Å². The van der Waals surface area contributed by atoms with Gasteiger partial charge < -0.3 is 5.32 Å². The molecule has 0 saturated heterocycles. The standard InChI is InChI=1S/C19H14N2OS2/c22-18(9-13-7-8-23-11-13)21-19-20-17(12-24-19)16-6-5-14-3-1-2-4-15(14)10-16/h1-8,10-12H,9H2,(H,20,21,22). The molecule has 3 nitrogen and oxygen atoms in total. The van der Waals surface area contributed by atoms with Gasteiger partial charge in [0.15, 0.2) is 5.13 Å². The molecule has 2 aromatic carbocycles. The Kier molecular flexibility index (Phi) is 4.11. The first-order chi connectivity index (χ1) is 11.8. The minimum atomic E-state index is -0.0344. The minimum Gasteiger partial charge on any atom is -0.302 e. The number of nitrogens with zero attached hydrogens (tertiary/aromatic N) is 1. The summed E-state index contributed by atoms with van der Waals surface area (Å²) in [6.45, 7) is 0. The van der Waals surface area contributed by atoms with Crippen molar-refractivity contribution in [3.8, 4) is 11.3 Å². The van der Waals surface area contributed by atoms with E-state index in [1.165, 1.54) is 22.1 Å². The molecule has 0 aliphatic heterocycles. The molecular weight excluding hydrogens is 336 g/mol. The van der Waals surface area contributed by atoms with Crippen LogP contribution in [-0.4, -0.2) is 10.9 Å². The van der Waals surface area contributed by atoms with Gasteiger partial charge in [0.25, 0.3) is 0 Å². The number of carbonyl (C=O) groups is 1. The molecule has 4 aromatic rings. The zero-order valence-electron chi connectivity index (χ0n) is 12.7. The average Bonchev–Trinajstić information content (AvgIpc) is 3.26. The summed E-state index contributed by atoms with van der Waals surface area (Å²) in [5, 5.41) is 11.9. The Balaban J connectivity index is 1.52. The van der Waals surface area contributed by atoms with Gasteiger partial charge in [-0.2, -0.15) is 11.3 Å². The normalized spacial score (nSPS) is 10.8. The van der Waals surface area contributed by atoms with Gasteiger partial charge in [-0.15, -0.1) is 11.3 Å². The van der Waals surface area contributed by atoms with Gasteiger partial charge in [-0.3, -0.25) is 4.79 Å². The maximum atomic E-state index is 12.1. The van der Waals surface area contributed by atoms with Crippen LogP contribution in [0.3, 0.4) is 0 Å². The van der Waals surface area contributed by atoms with E-state index in [0.29, 0.717) is 11.6 Å². The Hall–Kier alpha value is -2.50. The molecule has 2 aromatic heterocycles. The number of anilines is 1. The third kappa shape index (κ3) is 3.22. The van der Waals surface area contributed by atoms with Crippen LogP contribution in [0.25, 0.3) is 22.0 Å². The van der Waals surface area contributed by atoms with Crippen LogP contribution in [0.4, 0.5) is 5.13 Å². The summed E-state index contributed by atoms with van der Waals surface area (Å²) in [6, 6.07) is 16.5. The number of benzene rings is 2. The summed E-state index contributed by atoms with van der Waals surface area (Å²) < 4.78 is 0. The highest BCUT2D eigenvalue weighted by molar-refractivity contribution is 7.14. The Morgan fingerprint density at radius 1 is 1.04 bits per heavy atom. The number of thiophene rings is 1. The van der Waals surface area contributed by atoms with E-state index in [9.17, 15) is 4.79 Å². The molecule has 118 valence electrons. The van der Waals surface area contributed by atoms with Crippen LogP contribution in [0.15, 0.2) is 64.7 Å². The lowest BCUT2D eigenvalue weighted by Gasteiger charge is -2.01. The Morgan fingerprint density at radius 2 is 1.92 bits per heavy atom. The molecule has 0 fully saturated rings. The summed E-state index contributed by atoms with van der Waals surface area (Å²) in [4.78, 5) is 16.6. The first kappa shape index (κ1) is 15.1. The highest BCUT2D eigenvalue weighted by Crippen LogP contribution is 2.27. The minimum absolute atomic E-state index is 0.0344. The molecule has 0 bridgehead atoms. The van der Waals surface area contributed by atoms with Crippen molar-refractivity contribution in [2.75, 3.05) is 5.32 Å². The third-order valence-corrected chi connectivity index (χ3v) is 5.23. The van der Waals surface area contributed by atoms with Gasteiger partial charge in [-0.25, -0.2) is 4.98 Å². The molecule has 4 rings (SSSR count). The molecule has 0 aliphatic rings. The average molecular weight is 350 g/mol. The predicted molar refractivity (Wildman–Crippen MR) is 102 cm³/mol. The van der Waals surface area contributed by atoms with Crippen molar-refractivity contribution in [3.63, 3.8) is 0 Å². The Bertz CT molecular complexity index is 989. The van der Waals surface area contributed by atoms with Gasteiger partial charge >= 0.3 is 0 Å². The Morgan fingerprint density at radius 3 is 2.75 bits per heavy atom. The second-order valence-corrected chi connectivity index (χ2v) is 7.09. The number of fused-ring (bicyclic) bond motifs is 1. The fourth-order valence-corrected chi connectivity index (χ4v) is 3.96. The van der Waals surface area contributed by atoms with Crippen molar-refractivity contribution in [2.24, 2.45) is 0 Å². The zero-order valence-corrected chi connectivity index (χ0v) is 14.4. The molecule has 0 aliphatic carbocycles. The number of nitrogens with one attached hydrogen (secondary N) is 1. The van der Waals surface area contributed by atoms with Crippen molar-refractivity contribution in [1.82, 2.24) is 4.98 Å². The SMILES string of the molecule is O=C(Cc1ccsc1)Nc1nc(-c2ccc3ccccc3c2)cs1. The highest BCUT2D eigenvalue weighted by Gasteiger charge is 2.09. The van der Waals surface area contributed by atoms with Gasteiger partial charge in [0, 0.05) is 10.9 Å². The summed E-state index contributed by atoms with van der Waals surface area (Å²) in [5.41, 5.74) is 2.98. The van der Waals surface area contributed by atoms with Crippen LogP contribution >= 0.6 is 22.7 Å². The van der Waals surface area contributed by atoms with Crippen LogP contribution in [0.2, 0.25) is 0 Å². The lowest BCUT2D eigenvalue weighted by Crippen LogP contribution is -2.13. The number of carbonyl (C=O) groups excluding carboxylic acids is 1. The number of thiazole rings is 1. The van der Waals surface area contributed by atoms with Gasteiger partial charge in [-0.1, -0.05) is 36.4 Å². The van der Waals surface area contributed by atoms with Crippen molar-refractivity contribution in [1.29, 1.82) is 0 Å². The zero-order chi connectivity index (χ0) is 16.4. The van der Waals surface area contributed by atoms with E-state index in [-0.39, 0.29) is 5.91 Å². The lowest BCUT2D eigenvalue weighted by molar-refractivity contribution is -0.115. The first-order valence-corrected chi connectivity index (χ1v) is 9.36. The van der Waals surface area contributed by atoms with E-state index < -0.39 is 0 Å². The van der Waals surface area contributed by atoms with Crippen molar-refractivity contribution >= 4 is 44.5 Å². The fourth-order valence-electron chi connectivity index (χ4n) is 2.55. The third-order valence-electron chi connectivity index (χ3n) is 3.74. The smallest absolute Gasteiger partial charge is 0.230 e. The molecule has 0 unspecified atom stereocenters. The largest absolute Gasteiger partial charge is 0.302 e. The van der Waals surface area contributed by atoms with Gasteiger partial charge in [0.1, 0.15) is 0 Å². The maximum Gasteiger partial charge on any atom is 0.230 e. The molecule has 5 heteroatoms. The van der Waals surface area contributed by atoms with Crippen molar-refractivity contribution in [2.45, 2.75) is 6.42 Å². The van der Waals surface area contributed by atoms with Gasteiger partial charge in [-0.05, 0) is 39.2 Å². The predicted octanol–water partition coefficient (Wildman–Crippen LogP) is 5.21. The molecule has 2 heterocycles. The number of rotatable bonds is 4. The molecule has 1 N–H and O–H groups in total. The summed E-state index contributed by atoms with van der Waals surface area (Å²) in [6.07, 6.45) is 0.383. The number of hydrogen-bond acceptors (Lipinski definition) is 4. The molecule has 0 spiro atoms. The van der Waals surface area contributed by atoms with Crippen LogP contribution in [0, 0.1) is 0 Å². The molecule has 1 amide bonds. The molecular formula is C19H14N2OS2. The first-order valence-electron chi connectivity index (χ1n) is 7.53. The Labute approximate surface area is 147 Å². The number of amides is 1. The van der Waals surface area contributed by atoms with Crippen molar-refractivity contribution in [3.05, 3.63) is 70.2 Å². The van der Waals surface area contributed by atoms with Crippen LogP contribution in [0.1, 0.15) is 5.56 Å². The van der Waals surface area contributed by atoms with Crippen LogP contribution in [0.5, 0.6) is 0 Å². The van der Waals surface area contributed by atoms with E-state index in [2.05, 4.69) is 40.6 Å². The summed E-state index contributed by atoms with van der Waals surface area (Å²) >= 11 is 3.05. The molecule has 0 saturated carbocycles. The van der Waals surface area contributed by atoms with E-state index in [1.807, 2.05) is 34.3 Å². The quantitative estimate of drug-likeness (QED) is 0.549. The van der Waals surface area contributed by atoms with Crippen molar-refractivity contribution < 1.29 is 4.79 Å². The highest BCUT2D eigenvalue weighted by atomic mass is 32.1. The van der Waals surface area contributed by atoms with E-state index in [0.717, 1.165) is 16.8 Å². The lowest BCUT2D eigenvalue weighted by atomic mass is 10.1. The van der Waals surface area contributed by atoms with E-state index in [4.69, 9.17) is 0 Å². The molecule has 0 atom stereocenters. The van der Waals surface area contributed by atoms with Crippen LogP contribution in [-0.2, 0) is 11.2 Å². The topological polar surface area (TPSA) is 42.0 Å². The second kappa shape index (κ2) is 6.55. The van der Waals surface area contributed by atoms with Gasteiger partial charge in [0.05, 0.1) is 12.1 Å².